The van der Waals surface area contributed by atoms with Crippen LogP contribution >= 0.6 is 0 Å². The van der Waals surface area contributed by atoms with Crippen molar-refractivity contribution in [1.82, 2.24) is 14.3 Å². The average Bonchev–Trinajstić information content (AvgIpc) is 2.69. The average molecular weight is 447 g/mol. The quantitative estimate of drug-likeness (QED) is 0.573. The fraction of sp³-hybridized carbons (Fsp3) is 0.500. The Labute approximate surface area is 183 Å². The molecule has 1 aromatic heterocycles. The lowest BCUT2D eigenvalue weighted by Crippen LogP contribution is -2.49. The molecule has 0 aliphatic carbocycles. The van der Waals surface area contributed by atoms with Gasteiger partial charge < -0.3 is 15.1 Å². The molecule has 168 valence electrons. The van der Waals surface area contributed by atoms with Gasteiger partial charge in [0, 0.05) is 18.7 Å². The van der Waals surface area contributed by atoms with E-state index in [4.69, 9.17) is 10.1 Å². The van der Waals surface area contributed by atoms with Gasteiger partial charge in [-0.1, -0.05) is 26.7 Å². The summed E-state index contributed by atoms with van der Waals surface area (Å²) in [6, 6.07) is 4.62. The first-order valence-electron chi connectivity index (χ1n) is 10.7. The van der Waals surface area contributed by atoms with Crippen LogP contribution in [0, 0.1) is 18.3 Å². The number of sulfonamides is 1. The van der Waals surface area contributed by atoms with Crippen molar-refractivity contribution in [2.24, 2.45) is 5.92 Å². The zero-order valence-corrected chi connectivity index (χ0v) is 19.3. The smallest absolute Gasteiger partial charge is 0.254 e. The first kappa shape index (κ1) is 23.1. The fourth-order valence-corrected chi connectivity index (χ4v) is 5.20. The van der Waals surface area contributed by atoms with Crippen LogP contribution in [0.25, 0.3) is 11.4 Å². The van der Waals surface area contributed by atoms with E-state index in [1.54, 1.807) is 13.0 Å². The van der Waals surface area contributed by atoms with E-state index in [1.165, 1.54) is 16.4 Å². The minimum Gasteiger partial charge on any atom is -0.493 e. The molecule has 3 rings (SSSR count). The van der Waals surface area contributed by atoms with E-state index in [9.17, 15) is 13.2 Å². The van der Waals surface area contributed by atoms with Crippen molar-refractivity contribution in [2.45, 2.75) is 51.9 Å². The van der Waals surface area contributed by atoms with Gasteiger partial charge in [-0.3, -0.25) is 4.79 Å². The maximum Gasteiger partial charge on any atom is 0.254 e. The van der Waals surface area contributed by atoms with Crippen LogP contribution in [0.1, 0.15) is 51.3 Å². The van der Waals surface area contributed by atoms with Crippen LogP contribution < -0.4 is 10.3 Å². The van der Waals surface area contributed by atoms with Crippen molar-refractivity contribution in [1.29, 1.82) is 5.41 Å². The number of rotatable bonds is 9. The molecule has 1 saturated heterocycles. The maximum atomic E-state index is 13.1. The second-order valence-corrected chi connectivity index (χ2v) is 9.74. The van der Waals surface area contributed by atoms with Gasteiger partial charge in [-0.2, -0.15) is 4.31 Å². The number of hydrogen-bond acceptors (Lipinski definition) is 6. The molecule has 0 spiro atoms. The van der Waals surface area contributed by atoms with Crippen molar-refractivity contribution in [3.63, 3.8) is 0 Å². The minimum absolute atomic E-state index is 0.133. The molecule has 0 radical (unpaired) electrons. The highest BCUT2D eigenvalue weighted by molar-refractivity contribution is 7.89. The van der Waals surface area contributed by atoms with E-state index in [1.807, 2.05) is 13.8 Å². The van der Waals surface area contributed by atoms with E-state index < -0.39 is 10.0 Å². The van der Waals surface area contributed by atoms with Gasteiger partial charge in [-0.15, -0.1) is 0 Å². The van der Waals surface area contributed by atoms with Crippen molar-refractivity contribution >= 4 is 15.7 Å². The summed E-state index contributed by atoms with van der Waals surface area (Å²) in [4.78, 5) is 20.0. The Balaban J connectivity index is 2.11. The molecule has 0 unspecified atom stereocenters. The molecular formula is C22H30N4O4S. The molecule has 0 saturated carbocycles. The number of aromatic amines is 1. The molecule has 0 amide bonds. The zero-order valence-electron chi connectivity index (χ0n) is 18.5. The minimum atomic E-state index is -3.65. The van der Waals surface area contributed by atoms with Crippen LogP contribution in [-0.4, -0.2) is 48.1 Å². The summed E-state index contributed by atoms with van der Waals surface area (Å²) in [6.45, 7) is 8.87. The van der Waals surface area contributed by atoms with Crippen molar-refractivity contribution in [3.05, 3.63) is 39.8 Å². The zero-order chi connectivity index (χ0) is 22.8. The topological polar surface area (TPSA) is 116 Å². The molecule has 2 heterocycles. The highest BCUT2D eigenvalue weighted by atomic mass is 32.2. The Morgan fingerprint density at radius 1 is 1.29 bits per heavy atom. The maximum absolute atomic E-state index is 13.1. The van der Waals surface area contributed by atoms with E-state index in [2.05, 4.69) is 16.9 Å². The molecule has 0 bridgehead atoms. The Kier molecular flexibility index (Phi) is 6.96. The molecule has 8 nitrogen and oxygen atoms in total. The lowest BCUT2D eigenvalue weighted by molar-refractivity contribution is 0.196. The van der Waals surface area contributed by atoms with E-state index in [-0.39, 0.29) is 22.0 Å². The first-order chi connectivity index (χ1) is 14.7. The number of hydrogen-bond donors (Lipinski definition) is 2. The Bertz CT molecular complexity index is 1130. The second-order valence-electron chi connectivity index (χ2n) is 7.80. The van der Waals surface area contributed by atoms with Gasteiger partial charge in [0.1, 0.15) is 11.6 Å². The Morgan fingerprint density at radius 2 is 2.00 bits per heavy atom. The standard InChI is InChI=1S/C22H30N4O4S/c1-5-8-18(23)20-14(4)22(27)25-21(24-20)17-11-16(9-10-19(17)30-7-3)31(28,29)26-12-15(6-2)13-26/h9-11,15,23H,5-8,12-13H2,1-4H3,(H,24,25,27). The summed E-state index contributed by atoms with van der Waals surface area (Å²) in [5.74, 6) is 1.01. The summed E-state index contributed by atoms with van der Waals surface area (Å²) >= 11 is 0. The van der Waals surface area contributed by atoms with E-state index in [0.717, 1.165) is 12.8 Å². The van der Waals surface area contributed by atoms with E-state index >= 15 is 0 Å². The van der Waals surface area contributed by atoms with Gasteiger partial charge in [-0.05, 0) is 44.4 Å². The van der Waals surface area contributed by atoms with Crippen LogP contribution in [0.2, 0.25) is 0 Å². The van der Waals surface area contributed by atoms with Crippen LogP contribution in [0.5, 0.6) is 5.75 Å². The van der Waals surface area contributed by atoms with Gasteiger partial charge in [-0.25, -0.2) is 13.4 Å². The highest BCUT2D eigenvalue weighted by Crippen LogP contribution is 2.33. The van der Waals surface area contributed by atoms with Crippen LogP contribution in [0.3, 0.4) is 0 Å². The van der Waals surface area contributed by atoms with Crippen molar-refractivity contribution in [2.75, 3.05) is 19.7 Å². The molecule has 2 aromatic rings. The number of aromatic nitrogens is 2. The van der Waals surface area contributed by atoms with Crippen LogP contribution in [0.15, 0.2) is 27.9 Å². The molecule has 1 aliphatic rings. The summed E-state index contributed by atoms with van der Waals surface area (Å²) in [5.41, 5.74) is 1.00. The molecule has 1 aliphatic heterocycles. The summed E-state index contributed by atoms with van der Waals surface area (Å²) in [6.07, 6.45) is 2.20. The fourth-order valence-electron chi connectivity index (χ4n) is 3.58. The SMILES string of the molecule is CCCC(=N)c1nc(-c2cc(S(=O)(=O)N3CC(CC)C3)ccc2OCC)[nH]c(=O)c1C. The molecular weight excluding hydrogens is 416 g/mol. The molecule has 0 atom stereocenters. The molecule has 2 N–H and O–H groups in total. The number of nitrogens with one attached hydrogen (secondary N) is 2. The number of H-pyrrole nitrogens is 1. The van der Waals surface area contributed by atoms with Crippen LogP contribution in [-0.2, 0) is 10.0 Å². The normalized spacial score (nSPS) is 15.0. The predicted octanol–water partition coefficient (Wildman–Crippen LogP) is 3.34. The largest absolute Gasteiger partial charge is 0.493 e. The summed E-state index contributed by atoms with van der Waals surface area (Å²) in [5, 5.41) is 8.28. The van der Waals surface area contributed by atoms with Gasteiger partial charge >= 0.3 is 0 Å². The first-order valence-corrected chi connectivity index (χ1v) is 12.1. The number of benzene rings is 1. The van der Waals surface area contributed by atoms with Gasteiger partial charge in [0.25, 0.3) is 5.56 Å². The summed E-state index contributed by atoms with van der Waals surface area (Å²) in [7, 11) is -3.65. The van der Waals surface area contributed by atoms with Gasteiger partial charge in [0.15, 0.2) is 0 Å². The number of ether oxygens (including phenoxy) is 1. The molecule has 1 aromatic carbocycles. The molecule has 9 heteroatoms. The van der Waals surface area contributed by atoms with Gasteiger partial charge in [0.2, 0.25) is 10.0 Å². The molecule has 1 fully saturated rings. The predicted molar refractivity (Wildman–Crippen MR) is 120 cm³/mol. The third-order valence-corrected chi connectivity index (χ3v) is 7.41. The Morgan fingerprint density at radius 3 is 2.61 bits per heavy atom. The van der Waals surface area contributed by atoms with E-state index in [0.29, 0.717) is 54.6 Å². The van der Waals surface area contributed by atoms with Crippen LogP contribution in [0.4, 0.5) is 0 Å². The lowest BCUT2D eigenvalue weighted by atomic mass is 10.0. The van der Waals surface area contributed by atoms with Crippen molar-refractivity contribution in [3.8, 4) is 17.1 Å². The van der Waals surface area contributed by atoms with Crippen molar-refractivity contribution < 1.29 is 13.2 Å². The second kappa shape index (κ2) is 9.32. The molecule has 31 heavy (non-hydrogen) atoms. The monoisotopic (exact) mass is 446 g/mol. The number of nitrogens with zero attached hydrogens (tertiary/aromatic N) is 2. The Hall–Kier alpha value is -2.52. The third kappa shape index (κ3) is 4.57. The third-order valence-electron chi connectivity index (χ3n) is 5.58. The lowest BCUT2D eigenvalue weighted by Gasteiger charge is -2.37. The highest BCUT2D eigenvalue weighted by Gasteiger charge is 2.36. The van der Waals surface area contributed by atoms with Gasteiger partial charge in [0.05, 0.1) is 28.5 Å². The summed E-state index contributed by atoms with van der Waals surface area (Å²) < 4.78 is 33.3.